The van der Waals surface area contributed by atoms with Crippen molar-refractivity contribution >= 4 is 140 Å². The monoisotopic (exact) mass is 1450 g/mol. The molecule has 514 valence electrons. The van der Waals surface area contributed by atoms with Gasteiger partial charge in [0.15, 0.2) is 0 Å². The third-order valence-electron chi connectivity index (χ3n) is 17.3. The number of fused-ring (bicyclic) bond motifs is 10. The van der Waals surface area contributed by atoms with E-state index in [0.717, 1.165) is 11.3 Å². The number of hydrogen-bond donors (Lipinski definition) is 1. The van der Waals surface area contributed by atoms with Crippen molar-refractivity contribution in [2.45, 2.75) is 59.8 Å². The van der Waals surface area contributed by atoms with Crippen molar-refractivity contribution < 1.29 is 0 Å². The van der Waals surface area contributed by atoms with E-state index in [1.807, 2.05) is 93.3 Å². The van der Waals surface area contributed by atoms with Crippen LogP contribution in [0, 0.1) is 41.5 Å². The standard InChI is InChI=1S/C14H12S.C14H14.C13H10S.C13H12.C12H8S.C12H10.C8H6S.C8H10S.C4H4S/c1-9-5-3-7-11-12-8-4-6-10(2)14(12)15-13(9)11;1-11-5-3-7-13(9-11)14-8-4-6-12(2)10-14;1-9-5-4-7-11-10-6-2-3-8-12(10)14-13(9)11;1-11-6-5-9-13(10-11)12-7-3-2-4-8-12;1-3-7-11-9(5-1)10-6-2-4-8-12(10)13-11;1-3-7-11(8-4-1)12-9-5-2-6-10-12;1-2-4-8-7(3-1)5-6-9-8;1-2-7-5-3-4-6-8(7)9;1-2-4-5-3-1/h3-8H,1-2H3;3-10H,1-2H3;2-8H,1H3;2-10H,1H3;1-8H;1-10H;1-6H;3-6,9H,2H2,1H3;1-4H. The first-order chi connectivity index (χ1) is 51.0. The molecule has 19 rings (SSSR count). The van der Waals surface area contributed by atoms with Gasteiger partial charge >= 0.3 is 0 Å². The molecule has 0 unspecified atom stereocenters. The van der Waals surface area contributed by atoms with Gasteiger partial charge in [-0.3, -0.25) is 0 Å². The molecule has 0 atom stereocenters. The van der Waals surface area contributed by atoms with Crippen LogP contribution in [0.2, 0.25) is 0 Å². The highest BCUT2D eigenvalue weighted by atomic mass is 32.1. The molecule has 0 saturated carbocycles. The first-order valence-corrected chi connectivity index (χ1v) is 39.8. The van der Waals surface area contributed by atoms with Gasteiger partial charge in [0.2, 0.25) is 0 Å². The van der Waals surface area contributed by atoms with Gasteiger partial charge in [-0.2, -0.15) is 11.3 Å². The predicted molar refractivity (Wildman–Crippen MR) is 471 cm³/mol. The Balaban J connectivity index is 0.000000118. The van der Waals surface area contributed by atoms with Gasteiger partial charge in [-0.1, -0.05) is 345 Å². The van der Waals surface area contributed by atoms with Crippen molar-refractivity contribution in [3.8, 4) is 33.4 Å². The topological polar surface area (TPSA) is 0 Å². The van der Waals surface area contributed by atoms with E-state index in [9.17, 15) is 0 Å². The van der Waals surface area contributed by atoms with E-state index in [0.29, 0.717) is 0 Å². The van der Waals surface area contributed by atoms with E-state index in [-0.39, 0.29) is 0 Å². The van der Waals surface area contributed by atoms with Crippen LogP contribution in [0.15, 0.2) is 379 Å². The molecule has 6 heteroatoms. The molecule has 14 aromatic carbocycles. The van der Waals surface area contributed by atoms with Gasteiger partial charge in [-0.25, -0.2) is 0 Å². The zero-order chi connectivity index (χ0) is 72.2. The van der Waals surface area contributed by atoms with Crippen LogP contribution in [-0.4, -0.2) is 0 Å². The molecule has 0 fully saturated rings. The van der Waals surface area contributed by atoms with Gasteiger partial charge in [0.05, 0.1) is 0 Å². The highest BCUT2D eigenvalue weighted by Crippen LogP contribution is 2.38. The van der Waals surface area contributed by atoms with Crippen molar-refractivity contribution in [1.29, 1.82) is 0 Å². The fourth-order valence-corrected chi connectivity index (χ4v) is 17.1. The minimum Gasteiger partial charge on any atom is -0.152 e. The Morgan fingerprint density at radius 1 is 0.250 bits per heavy atom. The molecule has 0 radical (unpaired) electrons. The Bertz CT molecular complexity index is 5520. The number of rotatable bonds is 4. The second-order valence-corrected chi connectivity index (χ2v) is 30.5. The Hall–Kier alpha value is -10.3. The molecular weight excluding hydrogens is 1370 g/mol. The van der Waals surface area contributed by atoms with E-state index >= 15 is 0 Å². The average Bonchev–Trinajstić information content (AvgIpc) is 1.62. The first kappa shape index (κ1) is 74.9. The maximum Gasteiger partial charge on any atom is 0.0384 e. The van der Waals surface area contributed by atoms with Crippen LogP contribution < -0.4 is 0 Å². The third kappa shape index (κ3) is 21.0. The lowest BCUT2D eigenvalue weighted by molar-refractivity contribution is 1.09. The van der Waals surface area contributed by atoms with Crippen LogP contribution in [0.25, 0.3) is 104 Å². The van der Waals surface area contributed by atoms with Crippen LogP contribution in [0.1, 0.15) is 45.9 Å². The summed E-state index contributed by atoms with van der Waals surface area (Å²) < 4.78 is 9.80. The summed E-state index contributed by atoms with van der Waals surface area (Å²) in [5, 5.41) is 15.9. The molecule has 0 aliphatic heterocycles. The molecule has 0 saturated heterocycles. The number of thiophene rings is 5. The average molecular weight is 1460 g/mol. The summed E-state index contributed by atoms with van der Waals surface area (Å²) in [6.07, 6.45) is 1.07. The molecule has 19 aromatic rings. The summed E-state index contributed by atoms with van der Waals surface area (Å²) in [4.78, 5) is 1.10. The summed E-state index contributed by atoms with van der Waals surface area (Å²) in [5.74, 6) is 0. The minimum atomic E-state index is 1.07. The van der Waals surface area contributed by atoms with Crippen molar-refractivity contribution in [2.24, 2.45) is 0 Å². The Morgan fingerprint density at radius 3 is 0.981 bits per heavy atom. The normalized spacial score (nSPS) is 10.3. The van der Waals surface area contributed by atoms with Crippen molar-refractivity contribution in [1.82, 2.24) is 0 Å². The second kappa shape index (κ2) is 38.9. The van der Waals surface area contributed by atoms with Gasteiger partial charge in [0, 0.05) is 70.1 Å². The quantitative estimate of drug-likeness (QED) is 0.167. The van der Waals surface area contributed by atoms with Crippen LogP contribution in [0.5, 0.6) is 0 Å². The smallest absolute Gasteiger partial charge is 0.0384 e. The zero-order valence-corrected chi connectivity index (χ0v) is 65.0. The third-order valence-corrected chi connectivity index (χ3v) is 23.3. The van der Waals surface area contributed by atoms with Crippen molar-refractivity contribution in [2.75, 3.05) is 0 Å². The number of hydrogen-bond acceptors (Lipinski definition) is 6. The minimum absolute atomic E-state index is 1.07. The summed E-state index contributed by atoms with van der Waals surface area (Å²) in [6.45, 7) is 15.1. The second-order valence-electron chi connectivity index (χ2n) is 25.1. The van der Waals surface area contributed by atoms with Crippen molar-refractivity contribution in [3.63, 3.8) is 0 Å². The Morgan fingerprint density at radius 2 is 0.577 bits per heavy atom. The SMILES string of the molecule is CCc1ccccc1S.Cc1cccc(-c2cccc(C)c2)c1.Cc1cccc(-c2ccccc2)c1.Cc1cccc2c1sc1c(C)cccc12.Cc1cccc2c1sc1ccccc12.c1ccc(-c2ccccc2)cc1.c1ccc2c(c1)sc1ccccc12.c1ccc2sccc2c1.c1ccsc1. The van der Waals surface area contributed by atoms with Gasteiger partial charge in [-0.15, -0.1) is 58.0 Å². The van der Waals surface area contributed by atoms with Gasteiger partial charge < -0.3 is 0 Å². The Labute approximate surface area is 640 Å². The fourth-order valence-electron chi connectivity index (χ4n) is 12.0. The lowest BCUT2D eigenvalue weighted by atomic mass is 10.0. The van der Waals surface area contributed by atoms with Crippen LogP contribution in [0.3, 0.4) is 0 Å². The number of benzene rings is 14. The van der Waals surface area contributed by atoms with Crippen LogP contribution >= 0.6 is 69.3 Å². The molecule has 104 heavy (non-hydrogen) atoms. The summed E-state index contributed by atoms with van der Waals surface area (Å²) in [5.41, 5.74) is 17.1. The predicted octanol–water partition coefficient (Wildman–Crippen LogP) is 31.3. The molecule has 0 aliphatic rings. The highest BCUT2D eigenvalue weighted by molar-refractivity contribution is 7.80. The largest absolute Gasteiger partial charge is 0.152 e. The van der Waals surface area contributed by atoms with E-state index in [2.05, 4.69) is 376 Å². The molecule has 0 amide bonds. The maximum absolute atomic E-state index is 4.28. The van der Waals surface area contributed by atoms with Crippen LogP contribution in [0.4, 0.5) is 0 Å². The van der Waals surface area contributed by atoms with Gasteiger partial charge in [0.1, 0.15) is 0 Å². The summed E-state index contributed by atoms with van der Waals surface area (Å²) >= 11 is 13.4. The highest BCUT2D eigenvalue weighted by Gasteiger charge is 2.09. The van der Waals surface area contributed by atoms with E-state index in [4.69, 9.17) is 0 Å². The van der Waals surface area contributed by atoms with E-state index < -0.39 is 0 Å². The molecule has 0 nitrogen and oxygen atoms in total. The summed E-state index contributed by atoms with van der Waals surface area (Å²) in [7, 11) is 0. The summed E-state index contributed by atoms with van der Waals surface area (Å²) in [6, 6.07) is 125. The van der Waals surface area contributed by atoms with Crippen molar-refractivity contribution in [3.05, 3.63) is 413 Å². The zero-order valence-electron chi connectivity index (χ0n) is 60.0. The van der Waals surface area contributed by atoms with E-state index in [1.54, 1.807) is 22.7 Å². The number of aryl methyl sites for hydroxylation is 7. The fraction of sp³-hybridized carbons (Fsp3) is 0.0816. The lowest BCUT2D eigenvalue weighted by Gasteiger charge is -2.03. The molecule has 5 aromatic heterocycles. The molecule has 0 N–H and O–H groups in total. The van der Waals surface area contributed by atoms with Gasteiger partial charge in [0.25, 0.3) is 0 Å². The first-order valence-electron chi connectivity index (χ1n) is 35.1. The van der Waals surface area contributed by atoms with E-state index in [1.165, 1.54) is 143 Å². The lowest BCUT2D eigenvalue weighted by Crippen LogP contribution is -1.80. The molecule has 0 aliphatic carbocycles. The molecule has 0 spiro atoms. The number of thiol groups is 1. The molecular formula is C98H86S6. The maximum atomic E-state index is 4.28. The Kier molecular flexibility index (Phi) is 28.0. The molecule has 0 bridgehead atoms. The molecule has 5 heterocycles. The van der Waals surface area contributed by atoms with Crippen LogP contribution in [-0.2, 0) is 6.42 Å². The van der Waals surface area contributed by atoms with Gasteiger partial charge in [-0.05, 0) is 162 Å².